The molecule has 0 spiro atoms. The minimum atomic E-state index is -0.359. The van der Waals surface area contributed by atoms with Gasteiger partial charge in [-0.05, 0) is 49.2 Å². The van der Waals surface area contributed by atoms with Gasteiger partial charge < -0.3 is 18.7 Å². The molecule has 1 heterocycles. The Morgan fingerprint density at radius 2 is 1.93 bits per heavy atom. The molecule has 158 valence electrons. The smallest absolute Gasteiger partial charge is 0.316 e. The first-order valence-corrected chi connectivity index (χ1v) is 10.8. The van der Waals surface area contributed by atoms with Gasteiger partial charge in [-0.3, -0.25) is 4.79 Å². The maximum Gasteiger partial charge on any atom is 0.316 e. The van der Waals surface area contributed by atoms with Crippen LogP contribution in [0.3, 0.4) is 0 Å². The Kier molecular flexibility index (Phi) is 7.38. The minimum absolute atomic E-state index is 0.0940. The van der Waals surface area contributed by atoms with E-state index >= 15 is 0 Å². The summed E-state index contributed by atoms with van der Waals surface area (Å²) < 4.78 is 22.1. The van der Waals surface area contributed by atoms with Gasteiger partial charge in [0.25, 0.3) is 5.89 Å². The number of rotatable bonds is 8. The predicted octanol–water partition coefficient (Wildman–Crippen LogP) is 4.97. The molecule has 7 nitrogen and oxygen atoms in total. The summed E-state index contributed by atoms with van der Waals surface area (Å²) in [4.78, 5) is 17.4. The second kappa shape index (κ2) is 9.99. The van der Waals surface area contributed by atoms with Crippen LogP contribution in [0.25, 0.3) is 11.4 Å². The maximum atomic E-state index is 12.1. The Labute approximate surface area is 187 Å². The van der Waals surface area contributed by atoms with Crippen LogP contribution in [0.1, 0.15) is 17.0 Å². The molecule has 0 atom stereocenters. The summed E-state index contributed by atoms with van der Waals surface area (Å²) in [6, 6.07) is 9.36. The largest absolute Gasteiger partial charge is 0.497 e. The van der Waals surface area contributed by atoms with Crippen molar-refractivity contribution in [2.24, 2.45) is 0 Å². The fraction of sp³-hybridized carbons (Fsp3) is 0.286. The summed E-state index contributed by atoms with van der Waals surface area (Å²) >= 11 is 4.94. The van der Waals surface area contributed by atoms with Crippen LogP contribution < -0.4 is 9.47 Å². The summed E-state index contributed by atoms with van der Waals surface area (Å²) in [7, 11) is 3.13. The van der Waals surface area contributed by atoms with E-state index in [0.717, 1.165) is 20.5 Å². The molecule has 0 aliphatic carbocycles. The van der Waals surface area contributed by atoms with Crippen molar-refractivity contribution < 1.29 is 23.5 Å². The predicted molar refractivity (Wildman–Crippen MR) is 117 cm³/mol. The number of aromatic nitrogens is 2. The van der Waals surface area contributed by atoms with E-state index < -0.39 is 0 Å². The highest BCUT2D eigenvalue weighted by atomic mass is 79.9. The molecular weight excluding hydrogens is 472 g/mol. The molecular formula is C21H21BrN2O5S. The van der Waals surface area contributed by atoms with E-state index in [0.29, 0.717) is 22.9 Å². The zero-order valence-electron chi connectivity index (χ0n) is 17.0. The zero-order valence-corrected chi connectivity index (χ0v) is 19.4. The van der Waals surface area contributed by atoms with Crippen molar-refractivity contribution in [1.82, 2.24) is 10.1 Å². The summed E-state index contributed by atoms with van der Waals surface area (Å²) in [6.07, 6.45) is 0. The van der Waals surface area contributed by atoms with Crippen LogP contribution >= 0.6 is 27.7 Å². The average Bonchev–Trinajstić information content (AvgIpc) is 3.22. The van der Waals surface area contributed by atoms with Gasteiger partial charge in [-0.2, -0.15) is 4.98 Å². The van der Waals surface area contributed by atoms with Gasteiger partial charge in [0.15, 0.2) is 6.61 Å². The fourth-order valence-corrected chi connectivity index (χ4v) is 4.00. The molecule has 9 heteroatoms. The standard InChI is InChI=1S/C21H21BrN2O5S/c1-12-8-18(13(2)7-16(12)22)30-11-20(25)28-10-19-23-21(24-29-19)15-6-5-14(26-3)9-17(15)27-4/h5-9H,10-11H2,1-4H3. The lowest BCUT2D eigenvalue weighted by molar-refractivity contribution is -0.142. The highest BCUT2D eigenvalue weighted by Crippen LogP contribution is 2.32. The lowest BCUT2D eigenvalue weighted by Gasteiger charge is -2.08. The normalized spacial score (nSPS) is 10.7. The molecule has 3 rings (SSSR count). The molecule has 0 unspecified atom stereocenters. The van der Waals surface area contributed by atoms with Gasteiger partial charge in [0, 0.05) is 15.4 Å². The molecule has 1 aromatic heterocycles. The molecule has 0 amide bonds. The first kappa shape index (κ1) is 22.2. The van der Waals surface area contributed by atoms with Gasteiger partial charge in [0.2, 0.25) is 5.82 Å². The molecule has 0 saturated heterocycles. The van der Waals surface area contributed by atoms with E-state index in [1.807, 2.05) is 26.0 Å². The number of hydrogen-bond donors (Lipinski definition) is 0. The third-order valence-electron chi connectivity index (χ3n) is 4.28. The number of hydrogen-bond acceptors (Lipinski definition) is 8. The molecule has 0 aliphatic rings. The van der Waals surface area contributed by atoms with Crippen molar-refractivity contribution in [2.75, 3.05) is 20.0 Å². The van der Waals surface area contributed by atoms with Crippen molar-refractivity contribution in [2.45, 2.75) is 25.3 Å². The van der Waals surface area contributed by atoms with Crippen molar-refractivity contribution in [3.8, 4) is 22.9 Å². The summed E-state index contributed by atoms with van der Waals surface area (Å²) in [5, 5.41) is 3.94. The van der Waals surface area contributed by atoms with Crippen LogP contribution in [0.2, 0.25) is 0 Å². The van der Waals surface area contributed by atoms with Crippen molar-refractivity contribution in [3.63, 3.8) is 0 Å². The topological polar surface area (TPSA) is 83.7 Å². The van der Waals surface area contributed by atoms with E-state index in [1.54, 1.807) is 32.4 Å². The summed E-state index contributed by atoms with van der Waals surface area (Å²) in [5.41, 5.74) is 2.86. The molecule has 0 fully saturated rings. The van der Waals surface area contributed by atoms with E-state index in [2.05, 4.69) is 26.1 Å². The number of nitrogens with zero attached hydrogens (tertiary/aromatic N) is 2. The number of esters is 1. The molecule has 0 saturated carbocycles. The number of carbonyl (C=O) groups excluding carboxylic acids is 1. The summed E-state index contributed by atoms with van der Waals surface area (Å²) in [5.74, 6) is 1.58. The minimum Gasteiger partial charge on any atom is -0.497 e. The summed E-state index contributed by atoms with van der Waals surface area (Å²) in [6.45, 7) is 3.92. The van der Waals surface area contributed by atoms with Crippen molar-refractivity contribution in [1.29, 1.82) is 0 Å². The van der Waals surface area contributed by atoms with Gasteiger partial charge in [-0.15, -0.1) is 11.8 Å². The van der Waals surface area contributed by atoms with E-state index in [9.17, 15) is 4.79 Å². The van der Waals surface area contributed by atoms with E-state index in [4.69, 9.17) is 18.7 Å². The molecule has 30 heavy (non-hydrogen) atoms. The number of aryl methyl sites for hydroxylation is 2. The van der Waals surface area contributed by atoms with Gasteiger partial charge in [-0.25, -0.2) is 0 Å². The zero-order chi connectivity index (χ0) is 21.7. The van der Waals surface area contributed by atoms with Gasteiger partial charge >= 0.3 is 5.97 Å². The lowest BCUT2D eigenvalue weighted by atomic mass is 10.2. The Balaban J connectivity index is 1.58. The van der Waals surface area contributed by atoms with Crippen molar-refractivity contribution >= 4 is 33.7 Å². The highest BCUT2D eigenvalue weighted by molar-refractivity contribution is 9.10. The van der Waals surface area contributed by atoms with E-state index in [1.165, 1.54) is 11.8 Å². The third-order valence-corrected chi connectivity index (χ3v) is 6.26. The van der Waals surface area contributed by atoms with Gasteiger partial charge in [0.1, 0.15) is 11.5 Å². The SMILES string of the molecule is COc1ccc(-c2noc(COC(=O)CSc3cc(C)c(Br)cc3C)n2)c(OC)c1. The Morgan fingerprint density at radius 3 is 2.67 bits per heavy atom. The second-order valence-electron chi connectivity index (χ2n) is 6.39. The van der Waals surface area contributed by atoms with Crippen LogP contribution in [0.5, 0.6) is 11.5 Å². The van der Waals surface area contributed by atoms with Crippen LogP contribution in [0, 0.1) is 13.8 Å². The highest BCUT2D eigenvalue weighted by Gasteiger charge is 2.16. The van der Waals surface area contributed by atoms with Crippen LogP contribution in [0.15, 0.2) is 44.2 Å². The van der Waals surface area contributed by atoms with Crippen LogP contribution in [-0.4, -0.2) is 36.1 Å². The van der Waals surface area contributed by atoms with Crippen LogP contribution in [-0.2, 0) is 16.1 Å². The molecule has 3 aromatic rings. The Morgan fingerprint density at radius 1 is 1.13 bits per heavy atom. The monoisotopic (exact) mass is 492 g/mol. The second-order valence-corrected chi connectivity index (χ2v) is 8.27. The molecule has 0 N–H and O–H groups in total. The Hall–Kier alpha value is -2.52. The van der Waals surface area contributed by atoms with Gasteiger partial charge in [-0.1, -0.05) is 21.1 Å². The quantitative estimate of drug-likeness (QED) is 0.321. The third kappa shape index (κ3) is 5.34. The first-order chi connectivity index (χ1) is 14.4. The molecule has 2 aromatic carbocycles. The average molecular weight is 493 g/mol. The lowest BCUT2D eigenvalue weighted by Crippen LogP contribution is -2.07. The fourth-order valence-electron chi connectivity index (χ4n) is 2.64. The van der Waals surface area contributed by atoms with Gasteiger partial charge in [0.05, 0.1) is 25.5 Å². The number of ether oxygens (including phenoxy) is 3. The molecule has 0 radical (unpaired) electrons. The maximum absolute atomic E-state index is 12.1. The number of methoxy groups -OCH3 is 2. The Bertz CT molecular complexity index is 1050. The molecule has 0 aliphatic heterocycles. The van der Waals surface area contributed by atoms with Crippen molar-refractivity contribution in [3.05, 3.63) is 51.8 Å². The molecule has 0 bridgehead atoms. The number of halogens is 1. The first-order valence-electron chi connectivity index (χ1n) is 9.01. The number of carbonyl (C=O) groups is 1. The number of benzene rings is 2. The van der Waals surface area contributed by atoms with E-state index in [-0.39, 0.29) is 24.2 Å². The number of thioether (sulfide) groups is 1. The van der Waals surface area contributed by atoms with Crippen LogP contribution in [0.4, 0.5) is 0 Å².